The van der Waals surface area contributed by atoms with Crippen molar-refractivity contribution in [1.82, 2.24) is 0 Å². The molecule has 1 rings (SSSR count). The molecular weight excluding hydrogens is 226 g/mol. The molecule has 1 aliphatic rings. The molecule has 0 bridgehead atoms. The first-order chi connectivity index (χ1) is 8.20. The van der Waals surface area contributed by atoms with Crippen LogP contribution in [-0.4, -0.2) is 37.8 Å². The lowest BCUT2D eigenvalue weighted by Gasteiger charge is -2.34. The van der Waals surface area contributed by atoms with E-state index in [0.717, 1.165) is 6.42 Å². The predicted molar refractivity (Wildman–Crippen MR) is 63.6 cm³/mol. The Morgan fingerprint density at radius 1 is 1.12 bits per heavy atom. The molecule has 0 aromatic carbocycles. The number of ether oxygens (including phenoxy) is 2. The van der Waals surface area contributed by atoms with E-state index in [1.165, 1.54) is 0 Å². The highest BCUT2D eigenvalue weighted by Crippen LogP contribution is 2.29. The topological polar surface area (TPSA) is 18.5 Å². The zero-order valence-corrected chi connectivity index (χ0v) is 10.6. The van der Waals surface area contributed by atoms with Gasteiger partial charge in [0.15, 0.2) is 12.3 Å². The Hall–Kier alpha value is -0.480. The minimum atomic E-state index is -1.57. The maximum atomic E-state index is 13.7. The van der Waals surface area contributed by atoms with Crippen molar-refractivity contribution >= 4 is 0 Å². The van der Waals surface area contributed by atoms with Gasteiger partial charge in [-0.25, -0.2) is 8.78 Å². The van der Waals surface area contributed by atoms with Gasteiger partial charge in [0.25, 0.3) is 0 Å². The molecule has 1 aliphatic carbocycles. The van der Waals surface area contributed by atoms with Crippen molar-refractivity contribution in [3.05, 3.63) is 12.2 Å². The molecule has 0 amide bonds. The van der Waals surface area contributed by atoms with E-state index in [-0.39, 0.29) is 0 Å². The van der Waals surface area contributed by atoms with Crippen LogP contribution in [0.4, 0.5) is 8.78 Å². The molecule has 0 spiro atoms. The third kappa shape index (κ3) is 4.36. The number of alkyl halides is 2. The van der Waals surface area contributed by atoms with Crippen LogP contribution in [0.1, 0.15) is 33.1 Å². The summed E-state index contributed by atoms with van der Waals surface area (Å²) < 4.78 is 38.1. The van der Waals surface area contributed by atoms with E-state index in [4.69, 9.17) is 9.47 Å². The zero-order valence-electron chi connectivity index (χ0n) is 10.6. The third-order valence-electron chi connectivity index (χ3n) is 2.93. The summed E-state index contributed by atoms with van der Waals surface area (Å²) in [7, 11) is 0. The summed E-state index contributed by atoms with van der Waals surface area (Å²) in [6.45, 7) is 4.65. The van der Waals surface area contributed by atoms with Crippen LogP contribution in [0.3, 0.4) is 0 Å². The van der Waals surface area contributed by atoms with Crippen LogP contribution in [0, 0.1) is 0 Å². The fraction of sp³-hybridized carbons (Fsp3) is 0.846. The van der Waals surface area contributed by atoms with E-state index in [2.05, 4.69) is 0 Å². The highest BCUT2D eigenvalue weighted by molar-refractivity contribution is 4.90. The first-order valence-corrected chi connectivity index (χ1v) is 6.33. The number of halogens is 2. The van der Waals surface area contributed by atoms with Crippen molar-refractivity contribution in [2.24, 2.45) is 0 Å². The minimum Gasteiger partial charge on any atom is -0.375 e. The molecule has 0 aliphatic heterocycles. The molecule has 17 heavy (non-hydrogen) atoms. The summed E-state index contributed by atoms with van der Waals surface area (Å²) in [6.07, 6.45) is 1.11. The van der Waals surface area contributed by atoms with E-state index < -0.39 is 24.6 Å². The van der Waals surface area contributed by atoms with Gasteiger partial charge < -0.3 is 9.47 Å². The van der Waals surface area contributed by atoms with Crippen LogP contribution in [0.5, 0.6) is 0 Å². The van der Waals surface area contributed by atoms with Gasteiger partial charge in [0, 0.05) is 6.61 Å². The van der Waals surface area contributed by atoms with E-state index >= 15 is 0 Å². The number of allylic oxidation sites excluding steroid dienone is 1. The summed E-state index contributed by atoms with van der Waals surface area (Å²) in [4.78, 5) is 0. The van der Waals surface area contributed by atoms with Crippen molar-refractivity contribution in [3.63, 3.8) is 0 Å². The van der Waals surface area contributed by atoms with Gasteiger partial charge in [-0.1, -0.05) is 19.1 Å². The quantitative estimate of drug-likeness (QED) is 0.672. The molecule has 4 atom stereocenters. The van der Waals surface area contributed by atoms with Crippen molar-refractivity contribution in [1.29, 1.82) is 0 Å². The van der Waals surface area contributed by atoms with Gasteiger partial charge in [0.05, 0.1) is 18.8 Å². The Labute approximate surface area is 102 Å². The Morgan fingerprint density at radius 3 is 2.24 bits per heavy atom. The molecule has 0 heterocycles. The zero-order chi connectivity index (χ0) is 12.7. The molecule has 0 saturated heterocycles. The largest absolute Gasteiger partial charge is 0.375 e. The summed E-state index contributed by atoms with van der Waals surface area (Å²) >= 11 is 0. The van der Waals surface area contributed by atoms with E-state index in [0.29, 0.717) is 26.1 Å². The summed E-state index contributed by atoms with van der Waals surface area (Å²) in [5, 5.41) is 0. The minimum absolute atomic E-state index is 0.342. The average molecular weight is 248 g/mol. The summed E-state index contributed by atoms with van der Waals surface area (Å²) in [5.41, 5.74) is 0. The average Bonchev–Trinajstić information content (AvgIpc) is 2.34. The first-order valence-electron chi connectivity index (χ1n) is 6.33. The Kier molecular flexibility index (Phi) is 6.66. The first kappa shape index (κ1) is 14.6. The lowest BCUT2D eigenvalue weighted by Crippen LogP contribution is -2.46. The second-order valence-electron chi connectivity index (χ2n) is 4.32. The normalized spacial score (nSPS) is 34.4. The summed E-state index contributed by atoms with van der Waals surface area (Å²) in [6, 6.07) is 0. The monoisotopic (exact) mass is 248 g/mol. The molecule has 1 fully saturated rings. The van der Waals surface area contributed by atoms with Crippen LogP contribution in [0.15, 0.2) is 12.2 Å². The maximum absolute atomic E-state index is 13.7. The fourth-order valence-corrected chi connectivity index (χ4v) is 1.95. The number of hydrogen-bond acceptors (Lipinski definition) is 2. The standard InChI is InChI=1S/C13H22F2O2/c1-3-5-9-17-11-7-6-10(16-8-4-2)12(14)13(11)15/h3,5,10-13H,4,6-9H2,1-2H3/b5-3-. The molecule has 100 valence electrons. The molecule has 0 N–H and O–H groups in total. The highest BCUT2D eigenvalue weighted by Gasteiger charge is 2.41. The fourth-order valence-electron chi connectivity index (χ4n) is 1.95. The Bertz CT molecular complexity index is 233. The van der Waals surface area contributed by atoms with Crippen LogP contribution in [0.2, 0.25) is 0 Å². The molecule has 1 saturated carbocycles. The molecule has 0 aromatic heterocycles. The third-order valence-corrected chi connectivity index (χ3v) is 2.93. The van der Waals surface area contributed by atoms with Crippen LogP contribution in [-0.2, 0) is 9.47 Å². The molecule has 2 nitrogen and oxygen atoms in total. The van der Waals surface area contributed by atoms with Crippen LogP contribution < -0.4 is 0 Å². The highest BCUT2D eigenvalue weighted by atomic mass is 19.2. The lowest BCUT2D eigenvalue weighted by molar-refractivity contribution is -0.113. The van der Waals surface area contributed by atoms with Crippen molar-refractivity contribution in [2.45, 2.75) is 57.7 Å². The van der Waals surface area contributed by atoms with E-state index in [9.17, 15) is 8.78 Å². The van der Waals surface area contributed by atoms with E-state index in [1.807, 2.05) is 19.9 Å². The second-order valence-corrected chi connectivity index (χ2v) is 4.32. The second kappa shape index (κ2) is 7.77. The molecule has 4 heteroatoms. The van der Waals surface area contributed by atoms with Gasteiger partial charge in [0.1, 0.15) is 0 Å². The SMILES string of the molecule is C/C=C\COC1CCC(OCCC)C(F)C1F. The molecular formula is C13H22F2O2. The predicted octanol–water partition coefficient (Wildman–Crippen LogP) is 3.21. The smallest absolute Gasteiger partial charge is 0.160 e. The number of hydrogen-bond donors (Lipinski definition) is 0. The molecule has 0 radical (unpaired) electrons. The number of rotatable bonds is 6. The maximum Gasteiger partial charge on any atom is 0.160 e. The molecule has 0 aromatic rings. The van der Waals surface area contributed by atoms with Gasteiger partial charge in [-0.3, -0.25) is 0 Å². The van der Waals surface area contributed by atoms with E-state index in [1.54, 1.807) is 6.08 Å². The van der Waals surface area contributed by atoms with Gasteiger partial charge in [0.2, 0.25) is 0 Å². The van der Waals surface area contributed by atoms with Gasteiger partial charge in [-0.05, 0) is 26.2 Å². The Morgan fingerprint density at radius 2 is 1.71 bits per heavy atom. The van der Waals surface area contributed by atoms with Gasteiger partial charge in [-0.2, -0.15) is 0 Å². The Balaban J connectivity index is 2.38. The van der Waals surface area contributed by atoms with Gasteiger partial charge >= 0.3 is 0 Å². The summed E-state index contributed by atoms with van der Waals surface area (Å²) in [5.74, 6) is 0. The van der Waals surface area contributed by atoms with Gasteiger partial charge in [-0.15, -0.1) is 0 Å². The van der Waals surface area contributed by atoms with Crippen molar-refractivity contribution in [2.75, 3.05) is 13.2 Å². The lowest BCUT2D eigenvalue weighted by atomic mass is 9.91. The van der Waals surface area contributed by atoms with Crippen LogP contribution in [0.25, 0.3) is 0 Å². The molecule has 4 unspecified atom stereocenters. The van der Waals surface area contributed by atoms with Crippen molar-refractivity contribution in [3.8, 4) is 0 Å². The van der Waals surface area contributed by atoms with Crippen LogP contribution >= 0.6 is 0 Å². The van der Waals surface area contributed by atoms with Crippen molar-refractivity contribution < 1.29 is 18.3 Å².